The Hall–Kier alpha value is -2.05. The molecule has 0 fully saturated rings. The average Bonchev–Trinajstić information content (AvgIpc) is 2.50. The molecule has 0 aliphatic carbocycles. The average molecular weight is 245 g/mol. The number of halogens is 2. The Labute approximate surface area is 95.1 Å². The quantitative estimate of drug-likeness (QED) is 0.635. The van der Waals surface area contributed by atoms with Crippen molar-refractivity contribution < 1.29 is 27.8 Å². The summed E-state index contributed by atoms with van der Waals surface area (Å²) in [6.07, 6.45) is -3.73. The summed E-state index contributed by atoms with van der Waals surface area (Å²) in [5, 5.41) is 0. The van der Waals surface area contributed by atoms with Crippen LogP contribution in [0.1, 0.15) is 17.3 Å². The smallest absolute Gasteiger partial charge is 0.462 e. The second-order valence-corrected chi connectivity index (χ2v) is 3.27. The summed E-state index contributed by atoms with van der Waals surface area (Å²) in [5.41, 5.74) is 5.49. The maximum atomic E-state index is 12.7. The molecule has 1 aliphatic heterocycles. The molecule has 0 saturated heterocycles. The second kappa shape index (κ2) is 3.76. The molecule has 0 unspecified atom stereocenters. The second-order valence-electron chi connectivity index (χ2n) is 3.27. The molecule has 1 aromatic rings. The minimum atomic E-state index is -3.73. The highest BCUT2D eigenvalue weighted by atomic mass is 19.3. The molecule has 17 heavy (non-hydrogen) atoms. The summed E-state index contributed by atoms with van der Waals surface area (Å²) >= 11 is 0. The summed E-state index contributed by atoms with van der Waals surface area (Å²) in [4.78, 5) is 11.4. The fourth-order valence-corrected chi connectivity index (χ4v) is 1.40. The zero-order valence-corrected chi connectivity index (χ0v) is 8.83. The highest BCUT2D eigenvalue weighted by Gasteiger charge is 2.44. The van der Waals surface area contributed by atoms with Crippen molar-refractivity contribution in [2.45, 2.75) is 13.2 Å². The van der Waals surface area contributed by atoms with Gasteiger partial charge in [-0.2, -0.15) is 0 Å². The number of fused-ring (bicyclic) bond motifs is 1. The van der Waals surface area contributed by atoms with Crippen molar-refractivity contribution in [3.8, 4) is 11.5 Å². The first-order valence-corrected chi connectivity index (χ1v) is 4.79. The zero-order valence-electron chi connectivity index (χ0n) is 8.83. The molecule has 7 heteroatoms. The molecular formula is C10H9F2NO4. The van der Waals surface area contributed by atoms with Crippen LogP contribution in [0, 0.1) is 0 Å². The van der Waals surface area contributed by atoms with E-state index in [-0.39, 0.29) is 29.4 Å². The van der Waals surface area contributed by atoms with E-state index in [4.69, 9.17) is 10.5 Å². The lowest BCUT2D eigenvalue weighted by Gasteiger charge is -2.05. The number of nitrogens with two attached hydrogens (primary N) is 1. The van der Waals surface area contributed by atoms with Crippen molar-refractivity contribution in [1.82, 2.24) is 0 Å². The first-order chi connectivity index (χ1) is 7.93. The molecule has 1 aliphatic rings. The van der Waals surface area contributed by atoms with Crippen molar-refractivity contribution in [2.75, 3.05) is 12.3 Å². The fourth-order valence-electron chi connectivity index (χ4n) is 1.40. The molecular weight excluding hydrogens is 236 g/mol. The predicted molar refractivity (Wildman–Crippen MR) is 53.0 cm³/mol. The van der Waals surface area contributed by atoms with Crippen LogP contribution in [0.5, 0.6) is 11.5 Å². The summed E-state index contributed by atoms with van der Waals surface area (Å²) in [6.45, 7) is 1.78. The van der Waals surface area contributed by atoms with Gasteiger partial charge in [0.2, 0.25) is 0 Å². The number of carbonyl (C=O) groups excluding carboxylic acids is 1. The molecule has 0 radical (unpaired) electrons. The Bertz CT molecular complexity index is 476. The topological polar surface area (TPSA) is 70.8 Å². The number of alkyl halides is 2. The van der Waals surface area contributed by atoms with Gasteiger partial charge >= 0.3 is 12.3 Å². The van der Waals surface area contributed by atoms with Gasteiger partial charge in [0.1, 0.15) is 0 Å². The SMILES string of the molecule is CCOC(=O)c1cc2c(cc1N)OC(F)(F)O2. The third-order valence-corrected chi connectivity index (χ3v) is 2.07. The van der Waals surface area contributed by atoms with Gasteiger partial charge in [-0.1, -0.05) is 0 Å². The van der Waals surface area contributed by atoms with E-state index in [1.54, 1.807) is 6.92 Å². The summed E-state index contributed by atoms with van der Waals surface area (Å²) in [5.74, 6) is -1.15. The molecule has 0 atom stereocenters. The monoisotopic (exact) mass is 245 g/mol. The van der Waals surface area contributed by atoms with E-state index in [9.17, 15) is 13.6 Å². The Morgan fingerprint density at radius 1 is 1.41 bits per heavy atom. The van der Waals surface area contributed by atoms with Crippen LogP contribution < -0.4 is 15.2 Å². The van der Waals surface area contributed by atoms with Crippen LogP contribution in [0.15, 0.2) is 12.1 Å². The van der Waals surface area contributed by atoms with E-state index < -0.39 is 12.3 Å². The van der Waals surface area contributed by atoms with Crippen molar-refractivity contribution in [1.29, 1.82) is 0 Å². The lowest BCUT2D eigenvalue weighted by atomic mass is 10.1. The van der Waals surface area contributed by atoms with Crippen molar-refractivity contribution in [2.24, 2.45) is 0 Å². The van der Waals surface area contributed by atoms with Crippen molar-refractivity contribution in [3.63, 3.8) is 0 Å². The maximum absolute atomic E-state index is 12.7. The van der Waals surface area contributed by atoms with Gasteiger partial charge < -0.3 is 19.9 Å². The Morgan fingerprint density at radius 2 is 2.00 bits per heavy atom. The largest absolute Gasteiger partial charge is 0.586 e. The lowest BCUT2D eigenvalue weighted by molar-refractivity contribution is -0.286. The van der Waals surface area contributed by atoms with E-state index in [0.717, 1.165) is 12.1 Å². The van der Waals surface area contributed by atoms with Crippen LogP contribution in [0.25, 0.3) is 0 Å². The van der Waals surface area contributed by atoms with Crippen LogP contribution in [0.2, 0.25) is 0 Å². The van der Waals surface area contributed by atoms with Crippen LogP contribution >= 0.6 is 0 Å². The van der Waals surface area contributed by atoms with Crippen LogP contribution in [-0.4, -0.2) is 18.9 Å². The van der Waals surface area contributed by atoms with Gasteiger partial charge in [0.15, 0.2) is 11.5 Å². The number of nitrogen functional groups attached to an aromatic ring is 1. The lowest BCUT2D eigenvalue weighted by Crippen LogP contribution is -2.25. The molecule has 2 N–H and O–H groups in total. The molecule has 0 amide bonds. The van der Waals surface area contributed by atoms with Gasteiger partial charge in [0.05, 0.1) is 17.9 Å². The third-order valence-electron chi connectivity index (χ3n) is 2.07. The summed E-state index contributed by atoms with van der Waals surface area (Å²) in [6, 6.07) is 2.17. The number of hydrogen-bond donors (Lipinski definition) is 1. The number of rotatable bonds is 2. The highest BCUT2D eigenvalue weighted by molar-refractivity contribution is 5.96. The summed E-state index contributed by atoms with van der Waals surface area (Å²) in [7, 11) is 0. The van der Waals surface area contributed by atoms with E-state index in [0.29, 0.717) is 0 Å². The molecule has 92 valence electrons. The first kappa shape index (κ1) is 11.4. The Balaban J connectivity index is 2.37. The highest BCUT2D eigenvalue weighted by Crippen LogP contribution is 2.43. The summed E-state index contributed by atoms with van der Waals surface area (Å²) < 4.78 is 38.6. The Morgan fingerprint density at radius 3 is 2.59 bits per heavy atom. The van der Waals surface area contributed by atoms with Crippen molar-refractivity contribution in [3.05, 3.63) is 17.7 Å². The van der Waals surface area contributed by atoms with Crippen LogP contribution in [0.4, 0.5) is 14.5 Å². The number of anilines is 1. The van der Waals surface area contributed by atoms with Crippen LogP contribution in [-0.2, 0) is 4.74 Å². The first-order valence-electron chi connectivity index (χ1n) is 4.79. The van der Waals surface area contributed by atoms with Gasteiger partial charge in [-0.25, -0.2) is 4.79 Å². The number of hydrogen-bond acceptors (Lipinski definition) is 5. The van der Waals surface area contributed by atoms with Gasteiger partial charge in [0.25, 0.3) is 0 Å². The third kappa shape index (κ3) is 2.08. The minimum absolute atomic E-state index is 0.0106. The molecule has 0 saturated carbocycles. The minimum Gasteiger partial charge on any atom is -0.462 e. The Kier molecular flexibility index (Phi) is 2.53. The van der Waals surface area contributed by atoms with Gasteiger partial charge in [-0.3, -0.25) is 0 Å². The normalized spacial score (nSPS) is 15.7. The van der Waals surface area contributed by atoms with Gasteiger partial charge in [0, 0.05) is 12.1 Å². The number of ether oxygens (including phenoxy) is 3. The number of carbonyl (C=O) groups is 1. The number of esters is 1. The van der Waals surface area contributed by atoms with Gasteiger partial charge in [-0.15, -0.1) is 8.78 Å². The molecule has 0 bridgehead atoms. The molecule has 1 heterocycles. The van der Waals surface area contributed by atoms with Gasteiger partial charge in [-0.05, 0) is 6.92 Å². The van der Waals surface area contributed by atoms with E-state index >= 15 is 0 Å². The molecule has 1 aromatic carbocycles. The maximum Gasteiger partial charge on any atom is 0.586 e. The van der Waals surface area contributed by atoms with Crippen LogP contribution in [0.3, 0.4) is 0 Å². The predicted octanol–water partition coefficient (Wildman–Crippen LogP) is 1.77. The van der Waals surface area contributed by atoms with E-state index in [2.05, 4.69) is 9.47 Å². The fraction of sp³-hybridized carbons (Fsp3) is 0.300. The number of benzene rings is 1. The molecule has 2 rings (SSSR count). The zero-order chi connectivity index (χ0) is 12.6. The molecule has 0 spiro atoms. The molecule has 0 aromatic heterocycles. The van der Waals surface area contributed by atoms with E-state index in [1.807, 2.05) is 0 Å². The molecule has 5 nitrogen and oxygen atoms in total. The van der Waals surface area contributed by atoms with Crippen molar-refractivity contribution >= 4 is 11.7 Å². The standard InChI is InChI=1S/C10H9F2NO4/c1-2-15-9(14)5-3-7-8(4-6(5)13)17-10(11,12)16-7/h3-4H,2,13H2,1H3. The van der Waals surface area contributed by atoms with E-state index in [1.165, 1.54) is 0 Å².